The van der Waals surface area contributed by atoms with Gasteiger partial charge >= 0.3 is 0 Å². The van der Waals surface area contributed by atoms with E-state index in [2.05, 4.69) is 32.0 Å². The van der Waals surface area contributed by atoms with Gasteiger partial charge in [0, 0.05) is 9.79 Å². The normalized spacial score (nSPS) is 12.5. The zero-order valence-electron chi connectivity index (χ0n) is 11.3. The van der Waals surface area contributed by atoms with Gasteiger partial charge in [-0.2, -0.15) is 0 Å². The van der Waals surface area contributed by atoms with E-state index in [0.29, 0.717) is 5.02 Å². The highest BCUT2D eigenvalue weighted by molar-refractivity contribution is 7.99. The van der Waals surface area contributed by atoms with E-state index in [-0.39, 0.29) is 0 Å². The highest BCUT2D eigenvalue weighted by atomic mass is 35.5. The van der Waals surface area contributed by atoms with Crippen LogP contribution in [0.3, 0.4) is 0 Å². The molecule has 1 nitrogen and oxygen atoms in total. The third-order valence-corrected chi connectivity index (χ3v) is 4.67. The Kier molecular flexibility index (Phi) is 4.56. The summed E-state index contributed by atoms with van der Waals surface area (Å²) in [7, 11) is 0. The van der Waals surface area contributed by atoms with Gasteiger partial charge in [0.15, 0.2) is 0 Å². The summed E-state index contributed by atoms with van der Waals surface area (Å²) in [6.07, 6.45) is -0.488. The fourth-order valence-corrected chi connectivity index (χ4v) is 3.08. The van der Waals surface area contributed by atoms with Gasteiger partial charge in [0.2, 0.25) is 0 Å². The van der Waals surface area contributed by atoms with Crippen LogP contribution in [0, 0.1) is 13.8 Å². The van der Waals surface area contributed by atoms with Gasteiger partial charge in [-0.1, -0.05) is 47.1 Å². The molecular formula is C16H17ClOS. The summed E-state index contributed by atoms with van der Waals surface area (Å²) in [6.45, 7) is 5.93. The summed E-state index contributed by atoms with van der Waals surface area (Å²) in [4.78, 5) is 2.22. The smallest absolute Gasteiger partial charge is 0.0762 e. The van der Waals surface area contributed by atoms with Gasteiger partial charge < -0.3 is 5.11 Å². The van der Waals surface area contributed by atoms with Crippen molar-refractivity contribution in [3.8, 4) is 0 Å². The number of hydrogen-bond donors (Lipinski definition) is 1. The number of benzene rings is 2. The van der Waals surface area contributed by atoms with E-state index in [9.17, 15) is 5.11 Å². The summed E-state index contributed by atoms with van der Waals surface area (Å²) in [5.74, 6) is 0. The molecule has 0 saturated heterocycles. The van der Waals surface area contributed by atoms with Gasteiger partial charge in [0.25, 0.3) is 0 Å². The van der Waals surface area contributed by atoms with Crippen molar-refractivity contribution in [3.63, 3.8) is 0 Å². The van der Waals surface area contributed by atoms with Crippen molar-refractivity contribution in [2.45, 2.75) is 36.7 Å². The van der Waals surface area contributed by atoms with Crippen LogP contribution in [-0.4, -0.2) is 5.11 Å². The average molecular weight is 293 g/mol. The summed E-state index contributed by atoms with van der Waals surface area (Å²) in [6, 6.07) is 12.1. The second-order valence-corrected chi connectivity index (χ2v) is 6.23. The van der Waals surface area contributed by atoms with E-state index in [1.54, 1.807) is 18.7 Å². The molecule has 2 aromatic carbocycles. The zero-order valence-corrected chi connectivity index (χ0v) is 12.8. The maximum atomic E-state index is 9.54. The van der Waals surface area contributed by atoms with Gasteiger partial charge in [0.1, 0.15) is 0 Å². The molecule has 0 spiro atoms. The Balaban J connectivity index is 2.28. The predicted molar refractivity (Wildman–Crippen MR) is 82.1 cm³/mol. The van der Waals surface area contributed by atoms with Gasteiger partial charge in [-0.05, 0) is 50.1 Å². The second kappa shape index (κ2) is 6.00. The highest BCUT2D eigenvalue weighted by Crippen LogP contribution is 2.36. The molecule has 0 radical (unpaired) electrons. The molecule has 1 unspecified atom stereocenters. The quantitative estimate of drug-likeness (QED) is 0.843. The molecule has 0 aliphatic carbocycles. The topological polar surface area (TPSA) is 20.2 Å². The molecule has 0 aliphatic rings. The monoisotopic (exact) mass is 292 g/mol. The number of halogens is 1. The van der Waals surface area contributed by atoms with Crippen LogP contribution < -0.4 is 0 Å². The van der Waals surface area contributed by atoms with E-state index in [0.717, 1.165) is 10.5 Å². The second-order valence-electron chi connectivity index (χ2n) is 4.74. The largest absolute Gasteiger partial charge is 0.389 e. The molecule has 0 aromatic heterocycles. The predicted octanol–water partition coefficient (Wildman–Crippen LogP) is 5.16. The van der Waals surface area contributed by atoms with E-state index >= 15 is 0 Å². The maximum absolute atomic E-state index is 9.54. The Bertz CT molecular complexity index is 593. The molecule has 0 fully saturated rings. The molecule has 0 heterocycles. The Morgan fingerprint density at radius 2 is 1.74 bits per heavy atom. The van der Waals surface area contributed by atoms with Crippen LogP contribution in [0.2, 0.25) is 5.02 Å². The van der Waals surface area contributed by atoms with Gasteiger partial charge in [0.05, 0.1) is 11.1 Å². The Hall–Kier alpha value is -0.960. The lowest BCUT2D eigenvalue weighted by Gasteiger charge is -2.10. The van der Waals surface area contributed by atoms with Crippen LogP contribution in [0.4, 0.5) is 0 Å². The average Bonchev–Trinajstić information content (AvgIpc) is 2.34. The molecule has 2 rings (SSSR count). The Morgan fingerprint density at radius 3 is 2.32 bits per heavy atom. The maximum Gasteiger partial charge on any atom is 0.0762 e. The summed E-state index contributed by atoms with van der Waals surface area (Å²) in [5.41, 5.74) is 3.35. The highest BCUT2D eigenvalue weighted by Gasteiger charge is 2.08. The van der Waals surface area contributed by atoms with Crippen molar-refractivity contribution in [1.29, 1.82) is 0 Å². The molecule has 0 amide bonds. The fourth-order valence-electron chi connectivity index (χ4n) is 1.89. The minimum absolute atomic E-state index is 0.488. The molecular weight excluding hydrogens is 276 g/mol. The molecule has 1 N–H and O–H groups in total. The lowest BCUT2D eigenvalue weighted by atomic mass is 10.1. The number of aliphatic hydroxyl groups excluding tert-OH is 1. The first kappa shape index (κ1) is 14.4. The molecule has 100 valence electrons. The van der Waals surface area contributed by atoms with Crippen molar-refractivity contribution in [3.05, 3.63) is 58.1 Å². The van der Waals surface area contributed by atoms with Crippen LogP contribution in [0.25, 0.3) is 0 Å². The standard InChI is InChI=1S/C16H17ClOS/c1-10-4-6-15(11(2)8-10)19-16-7-5-13(12(3)18)9-14(16)17/h4-9,12,18H,1-3H3. The molecule has 0 saturated carbocycles. The third kappa shape index (κ3) is 3.53. The van der Waals surface area contributed by atoms with Crippen molar-refractivity contribution in [2.24, 2.45) is 0 Å². The van der Waals surface area contributed by atoms with Gasteiger partial charge in [-0.15, -0.1) is 0 Å². The van der Waals surface area contributed by atoms with E-state index in [4.69, 9.17) is 11.6 Å². The van der Waals surface area contributed by atoms with Crippen molar-refractivity contribution >= 4 is 23.4 Å². The van der Waals surface area contributed by atoms with Crippen LogP contribution in [-0.2, 0) is 0 Å². The van der Waals surface area contributed by atoms with Crippen LogP contribution in [0.1, 0.15) is 29.7 Å². The van der Waals surface area contributed by atoms with Crippen LogP contribution in [0.5, 0.6) is 0 Å². The number of aryl methyl sites for hydroxylation is 2. The summed E-state index contributed by atoms with van der Waals surface area (Å²) < 4.78 is 0. The third-order valence-electron chi connectivity index (χ3n) is 2.99. The van der Waals surface area contributed by atoms with E-state index in [1.165, 1.54) is 16.0 Å². The molecule has 1 atom stereocenters. The van der Waals surface area contributed by atoms with Crippen LogP contribution in [0.15, 0.2) is 46.2 Å². The number of rotatable bonds is 3. The first-order valence-electron chi connectivity index (χ1n) is 6.20. The molecule has 0 bridgehead atoms. The van der Waals surface area contributed by atoms with Gasteiger partial charge in [-0.3, -0.25) is 0 Å². The number of hydrogen-bond acceptors (Lipinski definition) is 2. The SMILES string of the molecule is Cc1ccc(Sc2ccc(C(C)O)cc2Cl)c(C)c1. The van der Waals surface area contributed by atoms with Crippen LogP contribution >= 0.6 is 23.4 Å². The lowest BCUT2D eigenvalue weighted by Crippen LogP contribution is -1.91. The van der Waals surface area contributed by atoms with Crippen molar-refractivity contribution in [1.82, 2.24) is 0 Å². The van der Waals surface area contributed by atoms with Crippen molar-refractivity contribution in [2.75, 3.05) is 0 Å². The minimum Gasteiger partial charge on any atom is -0.389 e. The van der Waals surface area contributed by atoms with Gasteiger partial charge in [-0.25, -0.2) is 0 Å². The summed E-state index contributed by atoms with van der Waals surface area (Å²) in [5, 5.41) is 10.2. The Labute approximate surface area is 123 Å². The lowest BCUT2D eigenvalue weighted by molar-refractivity contribution is 0.199. The molecule has 0 aliphatic heterocycles. The molecule has 19 heavy (non-hydrogen) atoms. The molecule has 3 heteroatoms. The first-order valence-corrected chi connectivity index (χ1v) is 7.39. The zero-order chi connectivity index (χ0) is 14.0. The minimum atomic E-state index is -0.488. The first-order chi connectivity index (χ1) is 8.97. The molecule has 2 aromatic rings. The fraction of sp³-hybridized carbons (Fsp3) is 0.250. The Morgan fingerprint density at radius 1 is 1.05 bits per heavy atom. The number of aliphatic hydroxyl groups is 1. The van der Waals surface area contributed by atoms with E-state index < -0.39 is 6.10 Å². The van der Waals surface area contributed by atoms with E-state index in [1.807, 2.05) is 18.2 Å². The summed E-state index contributed by atoms with van der Waals surface area (Å²) >= 11 is 7.93. The van der Waals surface area contributed by atoms with Crippen molar-refractivity contribution < 1.29 is 5.11 Å².